The van der Waals surface area contributed by atoms with Gasteiger partial charge in [-0.2, -0.15) is 17.6 Å². The minimum atomic E-state index is -4.92. The van der Waals surface area contributed by atoms with Crippen LogP contribution in [0.5, 0.6) is 5.75 Å². The van der Waals surface area contributed by atoms with E-state index in [9.17, 15) is 35.9 Å². The third-order valence-electron chi connectivity index (χ3n) is 7.39. The molecule has 2 aliphatic rings. The Morgan fingerprint density at radius 2 is 1.92 bits per heavy atom. The van der Waals surface area contributed by atoms with E-state index >= 15 is 0 Å². The number of nitrogens with one attached hydrogen (secondary N) is 1. The maximum absolute atomic E-state index is 14.5. The molecule has 0 saturated carbocycles. The normalized spacial score (nSPS) is 29.0. The first-order chi connectivity index (χ1) is 18.2. The van der Waals surface area contributed by atoms with Crippen LogP contribution >= 0.6 is 0 Å². The lowest BCUT2D eigenvalue weighted by Crippen LogP contribution is -2.47. The SMILES string of the molecule is COc1c([C@H]2[C@H](C(=O)Nc3ccnc(C(=O)N4C[C@@H](N)[C@@H](F)C4)c3)O[C@@](C)(C(F)(F)F)[C@H]2C)ccc(F)c1F. The molecule has 1 aromatic carbocycles. The lowest BCUT2D eigenvalue weighted by molar-refractivity contribution is -0.272. The van der Waals surface area contributed by atoms with Gasteiger partial charge < -0.3 is 25.4 Å². The molecule has 39 heavy (non-hydrogen) atoms. The minimum Gasteiger partial charge on any atom is -0.493 e. The van der Waals surface area contributed by atoms with Crippen LogP contribution in [0.25, 0.3) is 0 Å². The lowest BCUT2D eigenvalue weighted by Gasteiger charge is -2.32. The fourth-order valence-electron chi connectivity index (χ4n) is 5.00. The summed E-state index contributed by atoms with van der Waals surface area (Å²) >= 11 is 0. The van der Waals surface area contributed by atoms with Crippen LogP contribution in [-0.4, -0.2) is 72.0 Å². The number of benzene rings is 1. The number of nitrogens with zero attached hydrogens (tertiary/aromatic N) is 2. The van der Waals surface area contributed by atoms with Crippen LogP contribution in [0.2, 0.25) is 0 Å². The molecule has 2 amide bonds. The predicted octanol–water partition coefficient (Wildman–Crippen LogP) is 3.57. The molecule has 212 valence electrons. The molecule has 0 aliphatic carbocycles. The molecule has 2 fully saturated rings. The summed E-state index contributed by atoms with van der Waals surface area (Å²) in [4.78, 5) is 31.2. The van der Waals surface area contributed by atoms with E-state index in [2.05, 4.69) is 10.3 Å². The Kier molecular flexibility index (Phi) is 7.56. The van der Waals surface area contributed by atoms with Gasteiger partial charge >= 0.3 is 6.18 Å². The fraction of sp³-hybridized carbons (Fsp3) is 0.480. The van der Waals surface area contributed by atoms with E-state index in [1.165, 1.54) is 25.3 Å². The van der Waals surface area contributed by atoms with Crippen LogP contribution in [0.4, 0.5) is 32.0 Å². The summed E-state index contributed by atoms with van der Waals surface area (Å²) < 4.78 is 94.8. The summed E-state index contributed by atoms with van der Waals surface area (Å²) in [6.07, 6.45) is -6.97. The second kappa shape index (κ2) is 10.3. The quantitative estimate of drug-likeness (QED) is 0.542. The van der Waals surface area contributed by atoms with E-state index in [-0.39, 0.29) is 30.0 Å². The highest BCUT2D eigenvalue weighted by Gasteiger charge is 2.66. The van der Waals surface area contributed by atoms with E-state index in [0.29, 0.717) is 0 Å². The average Bonchev–Trinajstić information content (AvgIpc) is 3.36. The number of ether oxygens (including phenoxy) is 2. The van der Waals surface area contributed by atoms with Gasteiger partial charge in [0.25, 0.3) is 11.8 Å². The highest BCUT2D eigenvalue weighted by Crippen LogP contribution is 2.55. The van der Waals surface area contributed by atoms with Crippen LogP contribution in [0.3, 0.4) is 0 Å². The Balaban J connectivity index is 1.66. The molecule has 0 spiro atoms. The van der Waals surface area contributed by atoms with Crippen LogP contribution < -0.4 is 15.8 Å². The molecule has 3 N–H and O–H groups in total. The highest BCUT2D eigenvalue weighted by molar-refractivity contribution is 5.98. The van der Waals surface area contributed by atoms with Crippen molar-refractivity contribution in [2.75, 3.05) is 25.5 Å². The summed E-state index contributed by atoms with van der Waals surface area (Å²) in [5, 5.41) is 2.41. The fourth-order valence-corrected chi connectivity index (χ4v) is 5.00. The van der Waals surface area contributed by atoms with Crippen molar-refractivity contribution >= 4 is 17.5 Å². The molecule has 2 aliphatic heterocycles. The molecule has 1 aromatic heterocycles. The molecule has 4 rings (SSSR count). The van der Waals surface area contributed by atoms with Crippen molar-refractivity contribution in [3.05, 3.63) is 53.4 Å². The number of aromatic nitrogens is 1. The van der Waals surface area contributed by atoms with E-state index in [1.807, 2.05) is 0 Å². The third kappa shape index (κ3) is 5.02. The van der Waals surface area contributed by atoms with Crippen molar-refractivity contribution in [1.82, 2.24) is 9.88 Å². The van der Waals surface area contributed by atoms with Crippen LogP contribution in [0.1, 0.15) is 35.8 Å². The second-order valence-electron chi connectivity index (χ2n) is 9.75. The van der Waals surface area contributed by atoms with Crippen molar-refractivity contribution in [3.63, 3.8) is 0 Å². The number of rotatable bonds is 5. The smallest absolute Gasteiger partial charge is 0.417 e. The molecule has 8 nitrogen and oxygen atoms in total. The Bertz CT molecular complexity index is 1270. The zero-order valence-electron chi connectivity index (χ0n) is 21.1. The van der Waals surface area contributed by atoms with Gasteiger partial charge in [0.15, 0.2) is 17.2 Å². The topological polar surface area (TPSA) is 107 Å². The number of hydrogen-bond acceptors (Lipinski definition) is 6. The highest BCUT2D eigenvalue weighted by atomic mass is 19.4. The zero-order valence-corrected chi connectivity index (χ0v) is 21.1. The predicted molar refractivity (Wildman–Crippen MR) is 126 cm³/mol. The maximum Gasteiger partial charge on any atom is 0.417 e. The Labute approximate surface area is 219 Å². The molecule has 3 heterocycles. The monoisotopic (exact) mass is 560 g/mol. The number of methoxy groups -OCH3 is 1. The van der Waals surface area contributed by atoms with Crippen molar-refractivity contribution in [2.45, 2.75) is 49.9 Å². The minimum absolute atomic E-state index is 0.00786. The molecular weight excluding hydrogens is 534 g/mol. The number of nitrogens with two attached hydrogens (primary N) is 1. The van der Waals surface area contributed by atoms with Gasteiger partial charge in [-0.3, -0.25) is 14.6 Å². The van der Waals surface area contributed by atoms with Gasteiger partial charge in [0.1, 0.15) is 18.0 Å². The van der Waals surface area contributed by atoms with Crippen molar-refractivity contribution in [1.29, 1.82) is 0 Å². The van der Waals surface area contributed by atoms with E-state index in [4.69, 9.17) is 15.2 Å². The molecule has 14 heteroatoms. The average molecular weight is 560 g/mol. The van der Waals surface area contributed by atoms with Gasteiger partial charge in [-0.05, 0) is 25.1 Å². The first-order valence-corrected chi connectivity index (χ1v) is 11.9. The number of amides is 2. The summed E-state index contributed by atoms with van der Waals surface area (Å²) in [6, 6.07) is 3.38. The summed E-state index contributed by atoms with van der Waals surface area (Å²) in [5.74, 6) is -7.88. The number of carbonyl (C=O) groups is 2. The molecule has 0 bridgehead atoms. The van der Waals surface area contributed by atoms with Gasteiger partial charge in [-0.25, -0.2) is 8.78 Å². The van der Waals surface area contributed by atoms with E-state index in [0.717, 1.165) is 31.1 Å². The first-order valence-electron chi connectivity index (χ1n) is 11.9. The third-order valence-corrected chi connectivity index (χ3v) is 7.39. The number of carbonyl (C=O) groups excluding carboxylic acids is 2. The number of anilines is 1. The number of alkyl halides is 4. The van der Waals surface area contributed by atoms with Gasteiger partial charge in [-0.1, -0.05) is 13.0 Å². The Morgan fingerprint density at radius 1 is 1.23 bits per heavy atom. The molecule has 0 unspecified atom stereocenters. The van der Waals surface area contributed by atoms with Gasteiger partial charge in [-0.15, -0.1) is 0 Å². The largest absolute Gasteiger partial charge is 0.493 e. The van der Waals surface area contributed by atoms with E-state index in [1.54, 1.807) is 0 Å². The molecular formula is C25H26F6N4O4. The van der Waals surface area contributed by atoms with Crippen LogP contribution in [0.15, 0.2) is 30.5 Å². The molecule has 6 atom stereocenters. The maximum atomic E-state index is 14.5. The summed E-state index contributed by atoms with van der Waals surface area (Å²) in [5.41, 5.74) is 2.44. The van der Waals surface area contributed by atoms with Gasteiger partial charge in [0, 0.05) is 35.8 Å². The van der Waals surface area contributed by atoms with Crippen molar-refractivity contribution < 1.29 is 45.4 Å². The van der Waals surface area contributed by atoms with Crippen LogP contribution in [-0.2, 0) is 9.53 Å². The number of hydrogen-bond donors (Lipinski definition) is 2. The zero-order chi connectivity index (χ0) is 28.9. The lowest BCUT2D eigenvalue weighted by atomic mass is 9.77. The van der Waals surface area contributed by atoms with Crippen molar-refractivity contribution in [2.24, 2.45) is 11.7 Å². The molecule has 0 radical (unpaired) electrons. The first kappa shape index (κ1) is 28.6. The Morgan fingerprint density at radius 3 is 2.51 bits per heavy atom. The Hall–Kier alpha value is -3.39. The molecule has 2 aromatic rings. The standard InChI is InChI=1S/C25H26F6N4O4/c1-11-18(13-4-5-14(26)19(28)20(13)38-3)21(39-24(11,2)25(29,30)31)22(36)34-12-6-7-33-17(8-12)23(37)35-9-15(27)16(32)10-35/h4-8,11,15-16,18,21H,9-10,32H2,1-3H3,(H,33,34,36)/t11-,15-,16+,18-,21+,24+/m0/s1. The van der Waals surface area contributed by atoms with E-state index < -0.39 is 71.1 Å². The number of likely N-dealkylation sites (tertiary alicyclic amines) is 1. The summed E-state index contributed by atoms with van der Waals surface area (Å²) in [7, 11) is 1.02. The number of pyridine rings is 1. The van der Waals surface area contributed by atoms with Gasteiger partial charge in [0.2, 0.25) is 5.82 Å². The van der Waals surface area contributed by atoms with Crippen LogP contribution in [0, 0.1) is 17.6 Å². The second-order valence-corrected chi connectivity index (χ2v) is 9.75. The van der Waals surface area contributed by atoms with Gasteiger partial charge in [0.05, 0.1) is 19.7 Å². The number of halogens is 6. The summed E-state index contributed by atoms with van der Waals surface area (Å²) in [6.45, 7) is 1.68. The van der Waals surface area contributed by atoms with Crippen molar-refractivity contribution in [3.8, 4) is 5.75 Å². The molecule has 2 saturated heterocycles.